The minimum atomic E-state index is -5.46. The molecule has 75 heavy (non-hydrogen) atoms. The topological polar surface area (TPSA) is 286 Å². The summed E-state index contributed by atoms with van der Waals surface area (Å²) >= 11 is 0. The van der Waals surface area contributed by atoms with Gasteiger partial charge in [-0.05, 0) is 89.5 Å². The van der Waals surface area contributed by atoms with Crippen LogP contribution in [0.25, 0.3) is 0 Å². The number of unbranched alkanes of at least 4 members (excludes halogenated alkanes) is 7. The van der Waals surface area contributed by atoms with E-state index in [1.807, 2.05) is 73.8 Å². The fourth-order valence-corrected chi connectivity index (χ4v) is 9.01. The highest BCUT2D eigenvalue weighted by atomic mass is 31.3. The van der Waals surface area contributed by atoms with Crippen LogP contribution >= 0.6 is 15.6 Å². The van der Waals surface area contributed by atoms with E-state index in [2.05, 4.69) is 52.7 Å². The fraction of sp³-hybridized carbons (Fsp3) is 0.556. The second-order valence-electron chi connectivity index (χ2n) is 17.5. The molecule has 8 atom stereocenters. The van der Waals surface area contributed by atoms with Gasteiger partial charge in [0.15, 0.2) is 12.3 Å². The number of nitrogen functional groups attached to an aromatic ring is 1. The lowest BCUT2D eigenvalue weighted by molar-refractivity contribution is -0.161. The molecule has 1 saturated heterocycles. The molecule has 0 aromatic carbocycles. The lowest BCUT2D eigenvalue weighted by Gasteiger charge is -2.21. The molecule has 1 aliphatic rings. The smallest absolute Gasteiger partial charge is 0.462 e. The Labute approximate surface area is 443 Å². The van der Waals surface area contributed by atoms with Crippen LogP contribution in [0.1, 0.15) is 142 Å². The van der Waals surface area contributed by atoms with Crippen LogP contribution in [0.5, 0.6) is 0 Å². The molecule has 0 amide bonds. The molecule has 0 radical (unpaired) electrons. The van der Waals surface area contributed by atoms with Crippen LogP contribution in [0.3, 0.4) is 0 Å². The van der Waals surface area contributed by atoms with Crippen molar-refractivity contribution in [2.24, 2.45) is 0 Å². The van der Waals surface area contributed by atoms with Crippen molar-refractivity contribution in [1.82, 2.24) is 9.55 Å². The quantitative estimate of drug-likeness (QED) is 0.0117. The van der Waals surface area contributed by atoms with Crippen molar-refractivity contribution in [3.05, 3.63) is 132 Å². The monoisotopic (exact) mass is 1090 g/mol. The highest BCUT2D eigenvalue weighted by Crippen LogP contribution is 2.60. The van der Waals surface area contributed by atoms with Crippen LogP contribution in [0.4, 0.5) is 5.82 Å². The minimum Gasteiger partial charge on any atom is -0.462 e. The van der Waals surface area contributed by atoms with E-state index in [1.165, 1.54) is 25.3 Å². The molecule has 21 heteroatoms. The molecule has 2 heterocycles. The van der Waals surface area contributed by atoms with Crippen LogP contribution < -0.4 is 11.4 Å². The second-order valence-corrected chi connectivity index (χ2v) is 20.5. The van der Waals surface area contributed by atoms with Gasteiger partial charge in [0.1, 0.15) is 30.7 Å². The molecule has 1 fully saturated rings. The summed E-state index contributed by atoms with van der Waals surface area (Å²) in [6.45, 7) is 1.81. The van der Waals surface area contributed by atoms with E-state index in [-0.39, 0.29) is 18.7 Å². The van der Waals surface area contributed by atoms with E-state index >= 15 is 0 Å². The van der Waals surface area contributed by atoms with Crippen molar-refractivity contribution >= 4 is 33.4 Å². The van der Waals surface area contributed by atoms with Crippen molar-refractivity contribution in [3.63, 3.8) is 0 Å². The van der Waals surface area contributed by atoms with E-state index in [1.54, 1.807) is 6.08 Å². The number of rotatable bonds is 41. The Morgan fingerprint density at radius 2 is 1.31 bits per heavy atom. The number of aliphatic hydroxyl groups is 3. The van der Waals surface area contributed by atoms with Gasteiger partial charge in [-0.15, -0.1) is 0 Å². The normalized spacial score (nSPS) is 20.1. The first-order valence-electron chi connectivity index (χ1n) is 26.0. The van der Waals surface area contributed by atoms with E-state index in [4.69, 9.17) is 29.0 Å². The Balaban J connectivity index is 1.85. The largest absolute Gasteiger partial charge is 0.481 e. The molecule has 0 bridgehead atoms. The second kappa shape index (κ2) is 40.6. The number of aromatic nitrogens is 2. The van der Waals surface area contributed by atoms with Crippen molar-refractivity contribution < 1.29 is 71.4 Å². The summed E-state index contributed by atoms with van der Waals surface area (Å²) in [5, 5.41) is 30.8. The summed E-state index contributed by atoms with van der Waals surface area (Å²) in [6, 6.07) is 1.24. The number of anilines is 1. The molecule has 0 spiro atoms. The first-order valence-corrected chi connectivity index (χ1v) is 29.0. The van der Waals surface area contributed by atoms with Crippen molar-refractivity contribution in [3.8, 4) is 0 Å². The Hall–Kier alpha value is -4.62. The number of ether oxygens (including phenoxy) is 3. The van der Waals surface area contributed by atoms with Gasteiger partial charge in [-0.25, -0.2) is 13.9 Å². The molecule has 3 unspecified atom stereocenters. The highest BCUT2D eigenvalue weighted by molar-refractivity contribution is 7.61. The number of aliphatic hydroxyl groups excluding tert-OH is 3. The Bertz CT molecular complexity index is 2200. The first-order chi connectivity index (χ1) is 36.1. The van der Waals surface area contributed by atoms with E-state index in [0.29, 0.717) is 25.7 Å². The molecule has 0 saturated carbocycles. The highest BCUT2D eigenvalue weighted by Gasteiger charge is 2.46. The van der Waals surface area contributed by atoms with Gasteiger partial charge in [-0.1, -0.05) is 149 Å². The number of allylic oxidation sites excluding steroid dienone is 16. The SMILES string of the molecule is CC/C=C\CC(O)/C=C/C=C/C/C=C\C/C=C\C/C=C\CCC(=O)OC[C@H](COP(=O)(O)OP(=O)(O)OC[C@H]1O[C@@H](n2ccc(N)nc2=O)[C@H](O)[C@@H]1O)OC(=O)CCCCCC/C=C\C/C=C\C/C=C\CCCCC. The number of phosphoric acid groups is 2. The first kappa shape index (κ1) is 66.5. The summed E-state index contributed by atoms with van der Waals surface area (Å²) in [7, 11) is -10.9. The van der Waals surface area contributed by atoms with Gasteiger partial charge in [-0.2, -0.15) is 9.29 Å². The number of carbonyl (C=O) groups is 2. The number of carbonyl (C=O) groups excluding carboxylic acids is 2. The van der Waals surface area contributed by atoms with Crippen LogP contribution in [0, 0.1) is 0 Å². The van der Waals surface area contributed by atoms with Gasteiger partial charge in [0.05, 0.1) is 19.3 Å². The molecular weight excluding hydrogens is 1010 g/mol. The summed E-state index contributed by atoms with van der Waals surface area (Å²) < 4.78 is 56.7. The zero-order chi connectivity index (χ0) is 55.0. The van der Waals surface area contributed by atoms with Crippen LogP contribution in [0.2, 0.25) is 0 Å². The molecule has 2 rings (SSSR count). The summed E-state index contributed by atoms with van der Waals surface area (Å²) in [6.07, 6.45) is 43.6. The zero-order valence-corrected chi connectivity index (χ0v) is 45.4. The van der Waals surface area contributed by atoms with Crippen molar-refractivity contribution in [2.45, 2.75) is 173 Å². The van der Waals surface area contributed by atoms with Crippen LogP contribution in [-0.4, -0.2) is 96.9 Å². The summed E-state index contributed by atoms with van der Waals surface area (Å²) in [4.78, 5) is 61.9. The van der Waals surface area contributed by atoms with Gasteiger partial charge in [0, 0.05) is 19.0 Å². The number of esters is 2. The fourth-order valence-electron chi connectivity index (χ4n) is 6.90. The third kappa shape index (κ3) is 33.2. The lowest BCUT2D eigenvalue weighted by atomic mass is 10.1. The zero-order valence-electron chi connectivity index (χ0n) is 43.7. The maximum atomic E-state index is 12.9. The summed E-state index contributed by atoms with van der Waals surface area (Å²) in [5.41, 5.74) is 4.58. The van der Waals surface area contributed by atoms with E-state index in [0.717, 1.165) is 75.0 Å². The number of hydrogen-bond donors (Lipinski definition) is 6. The average Bonchev–Trinajstić information content (AvgIpc) is 3.64. The lowest BCUT2D eigenvalue weighted by Crippen LogP contribution is -2.36. The standard InChI is InChI=1S/C54H83N3O16P2/c1-3-5-7-8-9-10-11-12-13-14-15-18-22-25-28-31-35-39-50(60)71-46(42-68-49(59)38-34-30-27-24-21-19-16-17-20-23-26-29-33-37-45(58)36-32-6-4-2)43-69-74(64,65)73-75(66,67)70-44-47-51(61)52(62)53(72-47)57-41-40-48(55)56-54(57)63/h6,9-10,12-13,15,17-21,26-27,29-30,32-33,37,40-41,45-47,51-53,58,61-62H,3-5,7-8,11,14,16,22-25,28,31,34-36,38-39,42-44H2,1-2H3,(H,64,65)(H,66,67)(H2,55,56,63)/b10-9-,13-12-,18-15-,20-17-,21-19-,29-26+,30-27-,32-6-,37-33+/t45?,46-,47-,51-,52-,53-/m1/s1. The van der Waals surface area contributed by atoms with E-state index < -0.39 is 89.8 Å². The maximum absolute atomic E-state index is 12.9. The molecule has 19 nitrogen and oxygen atoms in total. The molecule has 7 N–H and O–H groups in total. The number of hydrogen-bond acceptors (Lipinski definition) is 16. The van der Waals surface area contributed by atoms with Gasteiger partial charge >= 0.3 is 33.3 Å². The average molecular weight is 1090 g/mol. The molecule has 1 aromatic heterocycles. The number of phosphoric ester groups is 2. The number of nitrogens with zero attached hydrogens (tertiary/aromatic N) is 2. The predicted molar refractivity (Wildman–Crippen MR) is 290 cm³/mol. The Morgan fingerprint density at radius 1 is 0.720 bits per heavy atom. The van der Waals surface area contributed by atoms with Crippen LogP contribution in [-0.2, 0) is 46.3 Å². The third-order valence-corrected chi connectivity index (χ3v) is 13.5. The molecule has 1 aromatic rings. The van der Waals surface area contributed by atoms with Gasteiger partial charge in [-0.3, -0.25) is 23.2 Å². The molecule has 0 aliphatic carbocycles. The molecule has 420 valence electrons. The van der Waals surface area contributed by atoms with Gasteiger partial charge < -0.3 is 45.1 Å². The Kier molecular flexibility index (Phi) is 36.0. The summed E-state index contributed by atoms with van der Waals surface area (Å²) in [5.74, 6) is -1.46. The minimum absolute atomic E-state index is 0.00580. The van der Waals surface area contributed by atoms with Crippen LogP contribution in [0.15, 0.2) is 126 Å². The maximum Gasteiger partial charge on any atom is 0.481 e. The predicted octanol–water partition coefficient (Wildman–Crippen LogP) is 9.97. The van der Waals surface area contributed by atoms with Crippen molar-refractivity contribution in [1.29, 1.82) is 0 Å². The molecular formula is C54H83N3O16P2. The van der Waals surface area contributed by atoms with E-state index in [9.17, 15) is 48.6 Å². The number of nitrogens with two attached hydrogens (primary N) is 1. The van der Waals surface area contributed by atoms with Crippen molar-refractivity contribution in [2.75, 3.05) is 25.6 Å². The van der Waals surface area contributed by atoms with Gasteiger partial charge in [0.25, 0.3) is 0 Å². The van der Waals surface area contributed by atoms with Gasteiger partial charge in [0.2, 0.25) is 0 Å². The Morgan fingerprint density at radius 3 is 1.93 bits per heavy atom. The molecule has 1 aliphatic heterocycles. The third-order valence-electron chi connectivity index (χ3n) is 10.9.